The van der Waals surface area contributed by atoms with Crippen molar-refractivity contribution in [1.29, 1.82) is 0 Å². The average Bonchev–Trinajstić information content (AvgIpc) is 3.06. The maximum Gasteiger partial charge on any atom is 0.267 e. The topological polar surface area (TPSA) is 61.0 Å². The van der Waals surface area contributed by atoms with Crippen molar-refractivity contribution >= 4 is 5.91 Å². The smallest absolute Gasteiger partial charge is 0.267 e. The first-order valence-electron chi connectivity index (χ1n) is 8.04. The quantitative estimate of drug-likeness (QED) is 0.852. The van der Waals surface area contributed by atoms with E-state index in [0.717, 1.165) is 32.5 Å². The Morgan fingerprint density at radius 2 is 2.13 bits per heavy atom. The number of nitrogens with zero attached hydrogens (tertiary/aromatic N) is 2. The molecule has 3 fully saturated rings. The van der Waals surface area contributed by atoms with Crippen LogP contribution in [0, 0.1) is 11.9 Å². The third kappa shape index (κ3) is 2.74. The summed E-state index contributed by atoms with van der Waals surface area (Å²) in [7, 11) is 0. The number of aromatic nitrogens is 2. The summed E-state index contributed by atoms with van der Waals surface area (Å²) in [6, 6.07) is 6.94. The Balaban J connectivity index is 1.48. The minimum absolute atomic E-state index is 0.126. The second-order valence-electron chi connectivity index (χ2n) is 6.35. The number of rotatable bonds is 3. The van der Waals surface area contributed by atoms with Crippen LogP contribution in [0.15, 0.2) is 30.5 Å². The summed E-state index contributed by atoms with van der Waals surface area (Å²) in [5.41, 5.74) is 1.39. The van der Waals surface area contributed by atoms with Gasteiger partial charge in [-0.15, -0.1) is 0 Å². The molecule has 0 spiro atoms. The van der Waals surface area contributed by atoms with Gasteiger partial charge in [-0.25, -0.2) is 4.98 Å². The molecule has 3 aliphatic rings. The number of amides is 1. The lowest BCUT2D eigenvalue weighted by Crippen LogP contribution is -2.57. The first-order chi connectivity index (χ1) is 11.2. The van der Waals surface area contributed by atoms with E-state index in [1.807, 2.05) is 0 Å². The number of pyridine rings is 1. The van der Waals surface area contributed by atoms with Gasteiger partial charge in [0.2, 0.25) is 5.95 Å². The minimum atomic E-state index is -0.543. The molecule has 2 N–H and O–H groups in total. The zero-order valence-corrected chi connectivity index (χ0v) is 12.8. The molecular formula is C17H19FN4O. The van der Waals surface area contributed by atoms with Crippen molar-refractivity contribution in [3.63, 3.8) is 0 Å². The van der Waals surface area contributed by atoms with Crippen LogP contribution >= 0.6 is 0 Å². The van der Waals surface area contributed by atoms with E-state index >= 15 is 0 Å². The van der Waals surface area contributed by atoms with Crippen LogP contribution in [-0.2, 0) is 0 Å². The zero-order valence-electron chi connectivity index (χ0n) is 12.8. The van der Waals surface area contributed by atoms with Gasteiger partial charge in [0.15, 0.2) is 0 Å². The lowest BCUT2D eigenvalue weighted by Gasteiger charge is -2.44. The highest BCUT2D eigenvalue weighted by Gasteiger charge is 2.35. The number of carbonyl (C=O) groups is 1. The Hall–Kier alpha value is -2.21. The maximum absolute atomic E-state index is 13.7. The number of piperidine rings is 3. The van der Waals surface area contributed by atoms with Gasteiger partial charge in [-0.2, -0.15) is 4.39 Å². The Labute approximate surface area is 133 Å². The summed E-state index contributed by atoms with van der Waals surface area (Å²) in [6.45, 7) is 3.22. The summed E-state index contributed by atoms with van der Waals surface area (Å²) in [5.74, 6) is -0.0906. The van der Waals surface area contributed by atoms with Crippen LogP contribution < -0.4 is 5.32 Å². The molecule has 5 rings (SSSR count). The molecule has 3 aliphatic heterocycles. The molecule has 1 unspecified atom stereocenters. The summed E-state index contributed by atoms with van der Waals surface area (Å²) >= 11 is 0. The molecule has 23 heavy (non-hydrogen) atoms. The first-order valence-corrected chi connectivity index (χ1v) is 8.04. The summed E-state index contributed by atoms with van der Waals surface area (Å²) in [4.78, 5) is 21.5. The highest BCUT2D eigenvalue weighted by Crippen LogP contribution is 2.28. The molecule has 0 saturated carbocycles. The fourth-order valence-electron chi connectivity index (χ4n) is 3.65. The monoisotopic (exact) mass is 314 g/mol. The summed E-state index contributed by atoms with van der Waals surface area (Å²) < 4.78 is 13.7. The Bertz CT molecular complexity index is 721. The fraction of sp³-hybridized carbons (Fsp3) is 0.412. The minimum Gasteiger partial charge on any atom is -0.350 e. The molecule has 0 aliphatic carbocycles. The number of aromatic amines is 1. The predicted octanol–water partition coefficient (Wildman–Crippen LogP) is 2.04. The van der Waals surface area contributed by atoms with Crippen molar-refractivity contribution in [3.05, 3.63) is 42.1 Å². The van der Waals surface area contributed by atoms with Crippen LogP contribution in [0.5, 0.6) is 0 Å². The number of H-pyrrole nitrogens is 1. The standard InChI is InChI=1S/C17H19FN4O/c18-16-12(2-1-7-19-16)13-3-4-14(20-13)17(23)21-15-10-22-8-5-11(15)6-9-22/h1-4,7,11,15,20H,5-6,8-10H2,(H,21,23). The molecule has 6 heteroatoms. The fourth-order valence-corrected chi connectivity index (χ4v) is 3.65. The first kappa shape index (κ1) is 14.4. The van der Waals surface area contributed by atoms with E-state index in [0.29, 0.717) is 22.9 Å². The van der Waals surface area contributed by atoms with Gasteiger partial charge in [-0.1, -0.05) is 0 Å². The lowest BCUT2D eigenvalue weighted by molar-refractivity contribution is 0.0618. The van der Waals surface area contributed by atoms with Crippen LogP contribution in [0.2, 0.25) is 0 Å². The van der Waals surface area contributed by atoms with Gasteiger partial charge in [0.05, 0.1) is 11.3 Å². The lowest BCUT2D eigenvalue weighted by atomic mass is 9.84. The third-order valence-electron chi connectivity index (χ3n) is 4.95. The number of nitrogens with one attached hydrogen (secondary N) is 2. The normalized spacial score (nSPS) is 26.2. The third-order valence-corrected chi connectivity index (χ3v) is 4.95. The number of fused-ring (bicyclic) bond motifs is 3. The van der Waals surface area contributed by atoms with Crippen LogP contribution in [-0.4, -0.2) is 46.5 Å². The molecule has 2 bridgehead atoms. The van der Waals surface area contributed by atoms with E-state index in [2.05, 4.69) is 20.2 Å². The van der Waals surface area contributed by atoms with Crippen LogP contribution in [0.25, 0.3) is 11.3 Å². The molecule has 120 valence electrons. The van der Waals surface area contributed by atoms with E-state index in [-0.39, 0.29) is 11.9 Å². The van der Waals surface area contributed by atoms with Gasteiger partial charge in [0, 0.05) is 18.8 Å². The Morgan fingerprint density at radius 3 is 2.83 bits per heavy atom. The SMILES string of the molecule is O=C(NC1CN2CCC1CC2)c1ccc(-c2cccnc2F)[nH]1. The van der Waals surface area contributed by atoms with Gasteiger partial charge in [-0.05, 0) is 56.1 Å². The summed E-state index contributed by atoms with van der Waals surface area (Å²) in [6.07, 6.45) is 3.71. The summed E-state index contributed by atoms with van der Waals surface area (Å²) in [5, 5.41) is 3.12. The van der Waals surface area contributed by atoms with Crippen molar-refractivity contribution in [1.82, 2.24) is 20.2 Å². The zero-order chi connectivity index (χ0) is 15.8. The van der Waals surface area contributed by atoms with Gasteiger partial charge < -0.3 is 15.2 Å². The van der Waals surface area contributed by atoms with Gasteiger partial charge in [0.25, 0.3) is 5.91 Å². The molecule has 2 aromatic rings. The molecule has 2 aromatic heterocycles. The van der Waals surface area contributed by atoms with E-state index in [9.17, 15) is 9.18 Å². The highest BCUT2D eigenvalue weighted by atomic mass is 19.1. The van der Waals surface area contributed by atoms with Gasteiger partial charge >= 0.3 is 0 Å². The molecule has 5 nitrogen and oxygen atoms in total. The van der Waals surface area contributed by atoms with Crippen molar-refractivity contribution in [3.8, 4) is 11.3 Å². The number of hydrogen-bond donors (Lipinski definition) is 2. The van der Waals surface area contributed by atoms with E-state index in [4.69, 9.17) is 0 Å². The van der Waals surface area contributed by atoms with Gasteiger partial charge in [0.1, 0.15) is 5.69 Å². The van der Waals surface area contributed by atoms with Gasteiger partial charge in [-0.3, -0.25) is 4.79 Å². The number of hydrogen-bond acceptors (Lipinski definition) is 3. The molecule has 3 saturated heterocycles. The van der Waals surface area contributed by atoms with Crippen LogP contribution in [0.3, 0.4) is 0 Å². The molecular weight excluding hydrogens is 295 g/mol. The number of halogens is 1. The highest BCUT2D eigenvalue weighted by molar-refractivity contribution is 5.93. The predicted molar refractivity (Wildman–Crippen MR) is 84.4 cm³/mol. The van der Waals surface area contributed by atoms with E-state index in [1.54, 1.807) is 24.3 Å². The van der Waals surface area contributed by atoms with Crippen molar-refractivity contribution < 1.29 is 9.18 Å². The largest absolute Gasteiger partial charge is 0.350 e. The van der Waals surface area contributed by atoms with Crippen molar-refractivity contribution in [2.75, 3.05) is 19.6 Å². The van der Waals surface area contributed by atoms with E-state index < -0.39 is 5.95 Å². The Morgan fingerprint density at radius 1 is 1.30 bits per heavy atom. The Kier molecular flexibility index (Phi) is 3.61. The van der Waals surface area contributed by atoms with Crippen LogP contribution in [0.4, 0.5) is 4.39 Å². The van der Waals surface area contributed by atoms with Crippen LogP contribution in [0.1, 0.15) is 23.3 Å². The molecule has 1 amide bonds. The average molecular weight is 314 g/mol. The maximum atomic E-state index is 13.7. The second-order valence-corrected chi connectivity index (χ2v) is 6.35. The van der Waals surface area contributed by atoms with Crippen molar-refractivity contribution in [2.45, 2.75) is 18.9 Å². The number of carbonyl (C=O) groups excluding carboxylic acids is 1. The van der Waals surface area contributed by atoms with Crippen molar-refractivity contribution in [2.24, 2.45) is 5.92 Å². The molecule has 0 aromatic carbocycles. The second kappa shape index (κ2) is 5.77. The van der Waals surface area contributed by atoms with E-state index in [1.165, 1.54) is 6.20 Å². The molecule has 5 heterocycles. The molecule has 1 atom stereocenters. The molecule has 0 radical (unpaired) electrons.